The Morgan fingerprint density at radius 1 is 0.880 bits per heavy atom. The first-order chi connectivity index (χ1) is 12.1. The van der Waals surface area contributed by atoms with Gasteiger partial charge in [0.15, 0.2) is 0 Å². The third kappa shape index (κ3) is 2.49. The van der Waals surface area contributed by atoms with Crippen LogP contribution in [0, 0.1) is 20.8 Å². The molecule has 0 saturated carbocycles. The summed E-state index contributed by atoms with van der Waals surface area (Å²) in [6.45, 7) is 6.10. The normalized spacial score (nSPS) is 11.2. The lowest BCUT2D eigenvalue weighted by atomic mass is 9.94. The van der Waals surface area contributed by atoms with Crippen molar-refractivity contribution in [3.05, 3.63) is 81.8 Å². The molecule has 0 fully saturated rings. The first kappa shape index (κ1) is 15.5. The largest absolute Gasteiger partial charge is 0.464 e. The maximum absolute atomic E-state index is 13.1. The van der Waals surface area contributed by atoms with E-state index in [1.165, 1.54) is 16.7 Å². The Labute approximate surface area is 145 Å². The number of rotatable bonds is 2. The van der Waals surface area contributed by atoms with Gasteiger partial charge in [-0.3, -0.25) is 4.79 Å². The van der Waals surface area contributed by atoms with E-state index >= 15 is 0 Å². The minimum atomic E-state index is -0.00529. The maximum atomic E-state index is 13.1. The van der Waals surface area contributed by atoms with Crippen LogP contribution in [0.15, 0.2) is 64.0 Å². The molecule has 1 N–H and O–H groups in total. The Morgan fingerprint density at radius 2 is 1.64 bits per heavy atom. The van der Waals surface area contributed by atoms with Gasteiger partial charge in [0, 0.05) is 16.6 Å². The molecule has 2 heterocycles. The minimum Gasteiger partial charge on any atom is -0.464 e. The van der Waals surface area contributed by atoms with Crippen molar-refractivity contribution in [2.45, 2.75) is 20.8 Å². The number of hydrogen-bond donors (Lipinski definition) is 1. The van der Waals surface area contributed by atoms with Gasteiger partial charge in [0.2, 0.25) is 5.43 Å². The molecular formula is C22H19NO2. The van der Waals surface area contributed by atoms with Crippen LogP contribution in [-0.2, 0) is 0 Å². The van der Waals surface area contributed by atoms with E-state index in [1.807, 2.05) is 25.1 Å². The molecule has 3 heteroatoms. The summed E-state index contributed by atoms with van der Waals surface area (Å²) in [7, 11) is 0. The van der Waals surface area contributed by atoms with Crippen LogP contribution in [0.4, 0.5) is 0 Å². The molecule has 4 aromatic rings. The van der Waals surface area contributed by atoms with Crippen molar-refractivity contribution in [1.29, 1.82) is 0 Å². The molecule has 25 heavy (non-hydrogen) atoms. The number of H-pyrrole nitrogens is 1. The second-order valence-corrected chi connectivity index (χ2v) is 6.46. The van der Waals surface area contributed by atoms with Crippen LogP contribution >= 0.6 is 0 Å². The van der Waals surface area contributed by atoms with Crippen molar-refractivity contribution < 1.29 is 4.42 Å². The number of nitrogens with one attached hydrogen (secondary N) is 1. The molecule has 0 radical (unpaired) electrons. The van der Waals surface area contributed by atoms with Crippen LogP contribution in [0.3, 0.4) is 0 Å². The van der Waals surface area contributed by atoms with Crippen LogP contribution < -0.4 is 5.43 Å². The first-order valence-corrected chi connectivity index (χ1v) is 8.33. The van der Waals surface area contributed by atoms with E-state index in [0.29, 0.717) is 16.7 Å². The monoisotopic (exact) mass is 329 g/mol. The van der Waals surface area contributed by atoms with Crippen molar-refractivity contribution in [2.24, 2.45) is 0 Å². The summed E-state index contributed by atoms with van der Waals surface area (Å²) >= 11 is 0. The van der Waals surface area contributed by atoms with Crippen molar-refractivity contribution in [1.82, 2.24) is 4.98 Å². The fourth-order valence-corrected chi connectivity index (χ4v) is 3.55. The van der Waals surface area contributed by atoms with Gasteiger partial charge in [0.25, 0.3) is 0 Å². The molecule has 2 aromatic carbocycles. The summed E-state index contributed by atoms with van der Waals surface area (Å²) < 4.78 is 5.46. The second-order valence-electron chi connectivity index (χ2n) is 6.46. The van der Waals surface area contributed by atoms with Crippen molar-refractivity contribution in [2.75, 3.05) is 0 Å². The number of aryl methyl sites for hydroxylation is 3. The molecule has 3 nitrogen and oxygen atoms in total. The van der Waals surface area contributed by atoms with Crippen LogP contribution in [0.25, 0.3) is 33.4 Å². The number of aromatic amines is 1. The summed E-state index contributed by atoms with van der Waals surface area (Å²) in [6, 6.07) is 15.9. The van der Waals surface area contributed by atoms with E-state index in [2.05, 4.69) is 43.1 Å². The highest BCUT2D eigenvalue weighted by Crippen LogP contribution is 2.30. The summed E-state index contributed by atoms with van der Waals surface area (Å²) in [5.41, 5.74) is 6.89. The van der Waals surface area contributed by atoms with Gasteiger partial charge < -0.3 is 9.40 Å². The molecule has 124 valence electrons. The Morgan fingerprint density at radius 3 is 2.32 bits per heavy atom. The molecule has 0 spiro atoms. The molecule has 0 saturated heterocycles. The fraction of sp³-hybridized carbons (Fsp3) is 0.136. The zero-order valence-electron chi connectivity index (χ0n) is 14.5. The quantitative estimate of drug-likeness (QED) is 0.536. The van der Waals surface area contributed by atoms with Gasteiger partial charge in [-0.1, -0.05) is 24.3 Å². The zero-order valence-corrected chi connectivity index (χ0v) is 14.5. The van der Waals surface area contributed by atoms with Gasteiger partial charge in [-0.2, -0.15) is 0 Å². The Hall–Kier alpha value is -3.07. The zero-order chi connectivity index (χ0) is 17.6. The third-order valence-electron chi connectivity index (χ3n) is 4.73. The van der Waals surface area contributed by atoms with E-state index in [-0.39, 0.29) is 5.43 Å². The van der Waals surface area contributed by atoms with Crippen molar-refractivity contribution >= 4 is 10.9 Å². The maximum Gasteiger partial charge on any atom is 0.200 e. The molecule has 0 aliphatic carbocycles. The smallest absolute Gasteiger partial charge is 0.200 e. The number of aromatic nitrogens is 1. The SMILES string of the molecule is Cc1cccc(C)c1-c1ccc2[nH]c(C)c(-c3ccco3)c(=O)c2c1. The highest BCUT2D eigenvalue weighted by atomic mass is 16.3. The highest BCUT2D eigenvalue weighted by Gasteiger charge is 2.15. The summed E-state index contributed by atoms with van der Waals surface area (Å²) in [6.07, 6.45) is 1.59. The van der Waals surface area contributed by atoms with Gasteiger partial charge in [0.05, 0.1) is 11.8 Å². The fourth-order valence-electron chi connectivity index (χ4n) is 3.55. The van der Waals surface area contributed by atoms with Crippen molar-refractivity contribution in [3.63, 3.8) is 0 Å². The molecule has 0 unspecified atom stereocenters. The lowest BCUT2D eigenvalue weighted by molar-refractivity contribution is 0.581. The highest BCUT2D eigenvalue weighted by molar-refractivity contribution is 5.88. The third-order valence-corrected chi connectivity index (χ3v) is 4.73. The molecule has 0 aliphatic heterocycles. The van der Waals surface area contributed by atoms with E-state index in [1.54, 1.807) is 12.3 Å². The molecule has 0 amide bonds. The Bertz CT molecular complexity index is 1110. The Kier molecular flexibility index (Phi) is 3.57. The van der Waals surface area contributed by atoms with Crippen molar-refractivity contribution in [3.8, 4) is 22.5 Å². The van der Waals surface area contributed by atoms with E-state index in [9.17, 15) is 4.79 Å². The van der Waals surface area contributed by atoms with Gasteiger partial charge >= 0.3 is 0 Å². The molecule has 0 bridgehead atoms. The molecule has 0 aliphatic rings. The molecule has 2 aromatic heterocycles. The van der Waals surface area contributed by atoms with Gasteiger partial charge in [-0.25, -0.2) is 0 Å². The topological polar surface area (TPSA) is 46.0 Å². The number of furan rings is 1. The van der Waals surface area contributed by atoms with Crippen LogP contribution in [0.2, 0.25) is 0 Å². The van der Waals surface area contributed by atoms with E-state index < -0.39 is 0 Å². The second kappa shape index (κ2) is 5.78. The summed E-state index contributed by atoms with van der Waals surface area (Å²) in [5.74, 6) is 0.595. The van der Waals surface area contributed by atoms with Gasteiger partial charge in [0.1, 0.15) is 5.76 Å². The molecular weight excluding hydrogens is 310 g/mol. The van der Waals surface area contributed by atoms with Gasteiger partial charge in [-0.05, 0) is 67.3 Å². The van der Waals surface area contributed by atoms with Crippen LogP contribution in [-0.4, -0.2) is 4.98 Å². The standard InChI is InChI=1S/C22H19NO2/c1-13-6-4-7-14(2)20(13)16-9-10-18-17(12-16)22(24)21(15(3)23-18)19-8-5-11-25-19/h4-12H,1-3H3,(H,23,24). The van der Waals surface area contributed by atoms with E-state index in [0.717, 1.165) is 16.8 Å². The van der Waals surface area contributed by atoms with Gasteiger partial charge in [-0.15, -0.1) is 0 Å². The number of fused-ring (bicyclic) bond motifs is 1. The number of hydrogen-bond acceptors (Lipinski definition) is 2. The predicted octanol–water partition coefficient (Wildman–Crippen LogP) is 5.38. The summed E-state index contributed by atoms with van der Waals surface area (Å²) in [4.78, 5) is 16.5. The minimum absolute atomic E-state index is 0.00529. The lowest BCUT2D eigenvalue weighted by Gasteiger charge is -2.12. The predicted molar refractivity (Wildman–Crippen MR) is 102 cm³/mol. The summed E-state index contributed by atoms with van der Waals surface area (Å²) in [5, 5.41) is 0.678. The van der Waals surface area contributed by atoms with E-state index in [4.69, 9.17) is 4.42 Å². The lowest BCUT2D eigenvalue weighted by Crippen LogP contribution is -2.09. The van der Waals surface area contributed by atoms with Crippen LogP contribution in [0.5, 0.6) is 0 Å². The Balaban J connectivity index is 2.02. The molecule has 0 atom stereocenters. The van der Waals surface area contributed by atoms with Crippen LogP contribution in [0.1, 0.15) is 16.8 Å². The first-order valence-electron chi connectivity index (χ1n) is 8.33. The molecule has 4 rings (SSSR count). The average molecular weight is 329 g/mol. The average Bonchev–Trinajstić information content (AvgIpc) is 3.09. The number of benzene rings is 2. The number of pyridine rings is 1.